The lowest BCUT2D eigenvalue weighted by Crippen LogP contribution is -2.40. The van der Waals surface area contributed by atoms with Gasteiger partial charge in [-0.05, 0) is 39.2 Å². The minimum absolute atomic E-state index is 0.0968. The fraction of sp³-hybridized carbons (Fsp3) is 0.692. The van der Waals surface area contributed by atoms with Crippen molar-refractivity contribution in [1.82, 2.24) is 10.6 Å². The van der Waals surface area contributed by atoms with E-state index in [0.29, 0.717) is 18.2 Å². The summed E-state index contributed by atoms with van der Waals surface area (Å²) in [5.41, 5.74) is 0.664. The van der Waals surface area contributed by atoms with E-state index in [1.807, 2.05) is 13.8 Å². The van der Waals surface area contributed by atoms with Gasteiger partial charge in [0.05, 0.1) is 18.7 Å². The van der Waals surface area contributed by atoms with Crippen LogP contribution in [0.15, 0.2) is 16.6 Å². The molecule has 5 nitrogen and oxygen atoms in total. The SMILES string of the molecule is CC(C)NC1=NCC(C(=O)N[C@H]2CCC[C@H]2O)=C1. The van der Waals surface area contributed by atoms with E-state index in [0.717, 1.165) is 25.1 Å². The second-order valence-corrected chi connectivity index (χ2v) is 5.25. The largest absolute Gasteiger partial charge is 0.391 e. The number of aliphatic hydroxyl groups is 1. The molecule has 1 amide bonds. The Morgan fingerprint density at radius 3 is 2.89 bits per heavy atom. The van der Waals surface area contributed by atoms with Crippen LogP contribution in [0.5, 0.6) is 0 Å². The molecule has 0 spiro atoms. The number of nitrogens with one attached hydrogen (secondary N) is 2. The van der Waals surface area contributed by atoms with Gasteiger partial charge in [0.2, 0.25) is 5.91 Å². The Kier molecular flexibility index (Phi) is 4.01. The predicted molar refractivity (Wildman–Crippen MR) is 70.4 cm³/mol. The molecule has 1 fully saturated rings. The number of rotatable bonds is 3. The number of hydrogen-bond acceptors (Lipinski definition) is 4. The third kappa shape index (κ3) is 3.10. The standard InChI is InChI=1S/C13H21N3O2/c1-8(2)15-12-6-9(7-14-12)13(18)16-10-4-3-5-11(10)17/h6,8,10-11,17H,3-5,7H2,1-2H3,(H,14,15)(H,16,18)/t10-,11+/m0/s1. The second-order valence-electron chi connectivity index (χ2n) is 5.25. The van der Waals surface area contributed by atoms with Gasteiger partial charge < -0.3 is 15.7 Å². The molecular formula is C13H21N3O2. The van der Waals surface area contributed by atoms with Gasteiger partial charge >= 0.3 is 0 Å². The normalized spacial score (nSPS) is 27.1. The third-order valence-corrected chi connectivity index (χ3v) is 3.25. The Bertz CT molecular complexity index is 388. The fourth-order valence-electron chi connectivity index (χ4n) is 2.32. The molecule has 0 bridgehead atoms. The number of aliphatic hydroxyl groups excluding tert-OH is 1. The van der Waals surface area contributed by atoms with Gasteiger partial charge in [0.25, 0.3) is 0 Å². The molecule has 0 saturated heterocycles. The molecule has 100 valence electrons. The minimum Gasteiger partial charge on any atom is -0.391 e. The molecule has 0 aromatic carbocycles. The van der Waals surface area contributed by atoms with Gasteiger partial charge in [0.1, 0.15) is 5.84 Å². The van der Waals surface area contributed by atoms with Crippen molar-refractivity contribution >= 4 is 11.7 Å². The van der Waals surface area contributed by atoms with E-state index in [4.69, 9.17) is 0 Å². The highest BCUT2D eigenvalue weighted by Crippen LogP contribution is 2.19. The summed E-state index contributed by atoms with van der Waals surface area (Å²) in [7, 11) is 0. The zero-order valence-electron chi connectivity index (χ0n) is 10.9. The van der Waals surface area contributed by atoms with Crippen molar-refractivity contribution < 1.29 is 9.90 Å². The van der Waals surface area contributed by atoms with Crippen LogP contribution < -0.4 is 10.6 Å². The van der Waals surface area contributed by atoms with E-state index in [1.54, 1.807) is 6.08 Å². The monoisotopic (exact) mass is 251 g/mol. The zero-order chi connectivity index (χ0) is 13.1. The van der Waals surface area contributed by atoms with Crippen molar-refractivity contribution in [3.63, 3.8) is 0 Å². The van der Waals surface area contributed by atoms with Crippen molar-refractivity contribution in [2.75, 3.05) is 6.54 Å². The summed E-state index contributed by atoms with van der Waals surface area (Å²) in [6.07, 6.45) is 4.00. The highest BCUT2D eigenvalue weighted by molar-refractivity contribution is 6.06. The lowest BCUT2D eigenvalue weighted by molar-refractivity contribution is -0.118. The molecule has 18 heavy (non-hydrogen) atoms. The molecule has 0 unspecified atom stereocenters. The van der Waals surface area contributed by atoms with Crippen molar-refractivity contribution in [3.8, 4) is 0 Å². The van der Waals surface area contributed by atoms with Gasteiger partial charge in [0, 0.05) is 11.6 Å². The van der Waals surface area contributed by atoms with Crippen LogP contribution in [0, 0.1) is 0 Å². The smallest absolute Gasteiger partial charge is 0.249 e. The molecule has 1 saturated carbocycles. The maximum absolute atomic E-state index is 12.0. The molecule has 2 rings (SSSR count). The molecule has 1 aliphatic heterocycles. The Hall–Kier alpha value is -1.36. The van der Waals surface area contributed by atoms with E-state index in [-0.39, 0.29) is 11.9 Å². The van der Waals surface area contributed by atoms with Crippen LogP contribution in [-0.4, -0.2) is 41.6 Å². The van der Waals surface area contributed by atoms with Crippen LogP contribution in [-0.2, 0) is 4.79 Å². The maximum atomic E-state index is 12.0. The molecule has 5 heteroatoms. The number of nitrogens with zero attached hydrogens (tertiary/aromatic N) is 1. The van der Waals surface area contributed by atoms with E-state index in [1.165, 1.54) is 0 Å². The third-order valence-electron chi connectivity index (χ3n) is 3.25. The van der Waals surface area contributed by atoms with Gasteiger partial charge in [-0.25, -0.2) is 0 Å². The zero-order valence-corrected chi connectivity index (χ0v) is 10.9. The first-order valence-corrected chi connectivity index (χ1v) is 6.56. The molecule has 3 N–H and O–H groups in total. The van der Waals surface area contributed by atoms with Crippen LogP contribution >= 0.6 is 0 Å². The highest BCUT2D eigenvalue weighted by atomic mass is 16.3. The van der Waals surface area contributed by atoms with E-state index in [2.05, 4.69) is 15.6 Å². The minimum atomic E-state index is -0.398. The van der Waals surface area contributed by atoms with E-state index in [9.17, 15) is 9.90 Å². The lowest BCUT2D eigenvalue weighted by atomic mass is 10.2. The van der Waals surface area contributed by atoms with Gasteiger partial charge in [-0.3, -0.25) is 9.79 Å². The van der Waals surface area contributed by atoms with Crippen LogP contribution in [0.25, 0.3) is 0 Å². The molecule has 1 heterocycles. The van der Waals surface area contributed by atoms with Crippen LogP contribution in [0.4, 0.5) is 0 Å². The summed E-state index contributed by atoms with van der Waals surface area (Å²) in [6, 6.07) is 0.208. The molecule has 0 aromatic heterocycles. The Morgan fingerprint density at radius 2 is 2.28 bits per heavy atom. The van der Waals surface area contributed by atoms with Crippen LogP contribution in [0.3, 0.4) is 0 Å². The fourth-order valence-corrected chi connectivity index (χ4v) is 2.32. The van der Waals surface area contributed by atoms with E-state index < -0.39 is 6.10 Å². The first-order valence-electron chi connectivity index (χ1n) is 6.56. The summed E-state index contributed by atoms with van der Waals surface area (Å²) in [6.45, 7) is 4.48. The van der Waals surface area contributed by atoms with Gasteiger partial charge in [0.15, 0.2) is 0 Å². The van der Waals surface area contributed by atoms with Crippen molar-refractivity contribution in [1.29, 1.82) is 0 Å². The summed E-state index contributed by atoms with van der Waals surface area (Å²) in [4.78, 5) is 16.2. The molecular weight excluding hydrogens is 230 g/mol. The summed E-state index contributed by atoms with van der Waals surface area (Å²) < 4.78 is 0. The Balaban J connectivity index is 1.87. The quantitative estimate of drug-likeness (QED) is 0.677. The van der Waals surface area contributed by atoms with Crippen molar-refractivity contribution in [2.45, 2.75) is 51.3 Å². The lowest BCUT2D eigenvalue weighted by Gasteiger charge is -2.16. The topological polar surface area (TPSA) is 73.7 Å². The predicted octanol–water partition coefficient (Wildman–Crippen LogP) is 0.352. The summed E-state index contributed by atoms with van der Waals surface area (Å²) in [5.74, 6) is 0.660. The van der Waals surface area contributed by atoms with Crippen LogP contribution in [0.1, 0.15) is 33.1 Å². The first-order chi connectivity index (χ1) is 8.56. The molecule has 2 atom stereocenters. The number of amides is 1. The van der Waals surface area contributed by atoms with Gasteiger partial charge in [-0.2, -0.15) is 0 Å². The molecule has 0 radical (unpaired) electrons. The van der Waals surface area contributed by atoms with Crippen molar-refractivity contribution in [2.24, 2.45) is 4.99 Å². The van der Waals surface area contributed by atoms with Crippen molar-refractivity contribution in [3.05, 3.63) is 11.6 Å². The molecule has 2 aliphatic rings. The molecule has 0 aromatic rings. The van der Waals surface area contributed by atoms with E-state index >= 15 is 0 Å². The first kappa shape index (κ1) is 13.1. The Labute approximate surface area is 107 Å². The summed E-state index contributed by atoms with van der Waals surface area (Å²) >= 11 is 0. The number of aliphatic imine (C=N–C) groups is 1. The van der Waals surface area contributed by atoms with Crippen LogP contribution in [0.2, 0.25) is 0 Å². The summed E-state index contributed by atoms with van der Waals surface area (Å²) in [5, 5.41) is 15.7. The van der Waals surface area contributed by atoms with Gasteiger partial charge in [-0.15, -0.1) is 0 Å². The number of carbonyl (C=O) groups is 1. The van der Waals surface area contributed by atoms with Gasteiger partial charge in [-0.1, -0.05) is 0 Å². The second kappa shape index (κ2) is 5.52. The molecule has 1 aliphatic carbocycles. The number of amidine groups is 1. The average molecular weight is 251 g/mol. The average Bonchev–Trinajstić information content (AvgIpc) is 2.88. The Morgan fingerprint density at radius 1 is 1.50 bits per heavy atom. The number of hydrogen-bond donors (Lipinski definition) is 3. The number of carbonyl (C=O) groups excluding carboxylic acids is 1. The maximum Gasteiger partial charge on any atom is 0.249 e. The highest BCUT2D eigenvalue weighted by Gasteiger charge is 2.28.